The number of carbonyl (C=O) groups is 1. The van der Waals surface area contributed by atoms with Gasteiger partial charge in [-0.2, -0.15) is 0 Å². The van der Waals surface area contributed by atoms with E-state index in [4.69, 9.17) is 0 Å². The van der Waals surface area contributed by atoms with Gasteiger partial charge < -0.3 is 5.11 Å². The molecule has 27 heavy (non-hydrogen) atoms. The van der Waals surface area contributed by atoms with Gasteiger partial charge in [0.1, 0.15) is 17.1 Å². The zero-order chi connectivity index (χ0) is 19.8. The molecule has 11 heteroatoms. The normalized spacial score (nSPS) is 16.7. The predicted molar refractivity (Wildman–Crippen MR) is 96.1 cm³/mol. The number of benzene rings is 1. The molecule has 0 fully saturated rings. The molecule has 0 unspecified atom stereocenters. The number of non-ortho nitro benzene ring substituents is 1. The standard InChI is InChI=1S/C16H11N3O7S/c20-14-6-2-10(19(22)23)8-13(14)17-18-16-12-4-3-11(27(24,25)26)7-9(12)1-5-15(16)21/h1-8,20H,(H2,24,25,26). The van der Waals surface area contributed by atoms with E-state index < -0.39 is 20.8 Å². The van der Waals surface area contributed by atoms with E-state index in [1.54, 1.807) is 0 Å². The molecule has 2 aliphatic rings. The van der Waals surface area contributed by atoms with Crippen LogP contribution < -0.4 is 0 Å². The Balaban J connectivity index is 2.06. The van der Waals surface area contributed by atoms with Crippen LogP contribution in [-0.4, -0.2) is 34.0 Å². The molecule has 0 radical (unpaired) electrons. The Bertz CT molecular complexity index is 1140. The molecule has 0 spiro atoms. The minimum Gasteiger partial charge on any atom is -0.506 e. The minimum atomic E-state index is -4.17. The van der Waals surface area contributed by atoms with Crippen molar-refractivity contribution in [3.63, 3.8) is 0 Å². The first-order valence-electron chi connectivity index (χ1n) is 7.29. The monoisotopic (exact) mass is 389 g/mol. The van der Waals surface area contributed by atoms with Crippen molar-refractivity contribution in [3.8, 4) is 5.75 Å². The number of allylic oxidation sites excluding steroid dienone is 7. The van der Waals surface area contributed by atoms with E-state index >= 15 is 0 Å². The van der Waals surface area contributed by atoms with Crippen molar-refractivity contribution in [2.45, 2.75) is 0 Å². The Hall–Kier alpha value is -3.41. The number of hydrogen-bond donors (Lipinski definition) is 3. The molecule has 0 saturated carbocycles. The van der Waals surface area contributed by atoms with Crippen LogP contribution in [0.4, 0.5) is 11.4 Å². The highest BCUT2D eigenvalue weighted by Gasteiger charge is 2.22. The summed E-state index contributed by atoms with van der Waals surface area (Å²) >= 11 is 0. The zero-order valence-corrected chi connectivity index (χ0v) is 14.2. The smallest absolute Gasteiger partial charge is 0.271 e. The number of nitro benzene ring substituents is 1. The molecule has 0 saturated heterocycles. The summed E-state index contributed by atoms with van der Waals surface area (Å²) < 4.78 is 29.8. The van der Waals surface area contributed by atoms with Gasteiger partial charge in [-0.15, -0.1) is 10.2 Å². The molecule has 138 valence electrons. The van der Waals surface area contributed by atoms with Crippen LogP contribution in [0.3, 0.4) is 0 Å². The third-order valence-corrected chi connectivity index (χ3v) is 4.53. The number of nitrogens with zero attached hydrogens (tertiary/aromatic N) is 3. The lowest BCUT2D eigenvalue weighted by Gasteiger charge is -2.16. The SMILES string of the molecule is O=C1C=CC2=CC(=S(=O)(O)O)C=CC2=C1N=Nc1cc([N+](=O)[O-])ccc1O. The van der Waals surface area contributed by atoms with E-state index in [2.05, 4.69) is 10.2 Å². The quantitative estimate of drug-likeness (QED) is 0.309. The Morgan fingerprint density at radius 1 is 1.07 bits per heavy atom. The molecule has 2 aliphatic carbocycles. The number of rotatable bonds is 3. The summed E-state index contributed by atoms with van der Waals surface area (Å²) in [5.74, 6) is -0.878. The number of carbonyl (C=O) groups excluding carboxylic acids is 1. The molecule has 10 nitrogen and oxygen atoms in total. The molecule has 0 atom stereocenters. The fraction of sp³-hybridized carbons (Fsp3) is 0. The van der Waals surface area contributed by atoms with Gasteiger partial charge in [0.2, 0.25) is 15.9 Å². The van der Waals surface area contributed by atoms with Crippen molar-refractivity contribution >= 4 is 32.1 Å². The zero-order valence-electron chi connectivity index (χ0n) is 13.3. The lowest BCUT2D eigenvalue weighted by molar-refractivity contribution is -0.384. The van der Waals surface area contributed by atoms with Crippen molar-refractivity contribution in [2.24, 2.45) is 10.2 Å². The summed E-state index contributed by atoms with van der Waals surface area (Å²) in [6.07, 6.45) is 6.25. The minimum absolute atomic E-state index is 0.132. The Morgan fingerprint density at radius 2 is 1.81 bits per heavy atom. The summed E-state index contributed by atoms with van der Waals surface area (Å²) in [5.41, 5.74) is -0.0192. The molecule has 3 N–H and O–H groups in total. The van der Waals surface area contributed by atoms with Crippen molar-refractivity contribution in [2.75, 3.05) is 0 Å². The summed E-state index contributed by atoms with van der Waals surface area (Å²) in [6, 6.07) is 3.17. The second-order valence-electron chi connectivity index (χ2n) is 5.42. The molecule has 0 bridgehead atoms. The van der Waals surface area contributed by atoms with Gasteiger partial charge in [0, 0.05) is 17.7 Å². The lowest BCUT2D eigenvalue weighted by atomic mass is 9.92. The van der Waals surface area contributed by atoms with Crippen molar-refractivity contribution in [3.05, 3.63) is 75.5 Å². The molecule has 0 aromatic heterocycles. The molecular weight excluding hydrogens is 378 g/mol. The van der Waals surface area contributed by atoms with Crippen LogP contribution in [0, 0.1) is 10.1 Å². The van der Waals surface area contributed by atoms with E-state index in [0.717, 1.165) is 30.4 Å². The highest BCUT2D eigenvalue weighted by molar-refractivity contribution is 7.92. The van der Waals surface area contributed by atoms with E-state index in [1.165, 1.54) is 18.2 Å². The highest BCUT2D eigenvalue weighted by Crippen LogP contribution is 2.33. The van der Waals surface area contributed by atoms with Gasteiger partial charge in [-0.05, 0) is 29.9 Å². The number of aromatic hydroxyl groups is 1. The first kappa shape index (κ1) is 18.4. The van der Waals surface area contributed by atoms with E-state index in [0.29, 0.717) is 5.57 Å². The van der Waals surface area contributed by atoms with Crippen LogP contribution in [-0.2, 0) is 14.9 Å². The van der Waals surface area contributed by atoms with Crippen molar-refractivity contribution in [1.29, 1.82) is 0 Å². The van der Waals surface area contributed by atoms with Crippen LogP contribution in [0.5, 0.6) is 5.75 Å². The van der Waals surface area contributed by atoms with Crippen LogP contribution in [0.1, 0.15) is 0 Å². The van der Waals surface area contributed by atoms with Crippen LogP contribution >= 0.6 is 0 Å². The maximum absolute atomic E-state index is 12.1. The van der Waals surface area contributed by atoms with Crippen molar-refractivity contribution < 1.29 is 28.1 Å². The van der Waals surface area contributed by atoms with Gasteiger partial charge in [-0.3, -0.25) is 24.0 Å². The first-order valence-corrected chi connectivity index (χ1v) is 8.76. The number of phenols is 1. The number of phenolic OH excluding ortho intramolecular Hbond substituents is 1. The largest absolute Gasteiger partial charge is 0.506 e. The van der Waals surface area contributed by atoms with E-state index in [9.17, 15) is 33.3 Å². The molecule has 0 amide bonds. The Labute approximate surface area is 152 Å². The highest BCUT2D eigenvalue weighted by atomic mass is 32.2. The Morgan fingerprint density at radius 3 is 2.48 bits per heavy atom. The van der Waals surface area contributed by atoms with Crippen LogP contribution in [0.15, 0.2) is 75.7 Å². The van der Waals surface area contributed by atoms with Gasteiger partial charge in [0.05, 0.1) is 9.79 Å². The Kier molecular flexibility index (Phi) is 4.57. The number of ketones is 1. The summed E-state index contributed by atoms with van der Waals surface area (Å²) in [5, 5.41) is 28.1. The maximum atomic E-state index is 12.1. The molecule has 1 aromatic rings. The van der Waals surface area contributed by atoms with Crippen LogP contribution in [0.2, 0.25) is 0 Å². The summed E-state index contributed by atoms with van der Waals surface area (Å²) in [6.45, 7) is 0. The molecule has 1 aromatic carbocycles. The average Bonchev–Trinajstić information content (AvgIpc) is 2.60. The van der Waals surface area contributed by atoms with Gasteiger partial charge >= 0.3 is 0 Å². The maximum Gasteiger partial charge on any atom is 0.271 e. The molecule has 3 rings (SSSR count). The van der Waals surface area contributed by atoms with Gasteiger partial charge in [0.25, 0.3) is 5.69 Å². The molecular formula is C16H11N3O7S. The molecule has 0 heterocycles. The fourth-order valence-corrected chi connectivity index (χ4v) is 2.88. The second kappa shape index (κ2) is 6.72. The van der Waals surface area contributed by atoms with Gasteiger partial charge in [-0.25, -0.2) is 4.21 Å². The molecule has 0 aliphatic heterocycles. The third kappa shape index (κ3) is 3.74. The first-order chi connectivity index (χ1) is 12.7. The number of hydrogen-bond acceptors (Lipinski definition) is 7. The van der Waals surface area contributed by atoms with E-state index in [1.807, 2.05) is 0 Å². The fourth-order valence-electron chi connectivity index (χ4n) is 2.35. The van der Waals surface area contributed by atoms with Crippen LogP contribution in [0.25, 0.3) is 0 Å². The topological polar surface area (TPSA) is 163 Å². The predicted octanol–water partition coefficient (Wildman–Crippen LogP) is 2.68. The third-order valence-electron chi connectivity index (χ3n) is 3.66. The number of fused-ring (bicyclic) bond motifs is 1. The second-order valence-corrected chi connectivity index (χ2v) is 6.89. The number of azo groups is 1. The van der Waals surface area contributed by atoms with E-state index in [-0.39, 0.29) is 33.3 Å². The van der Waals surface area contributed by atoms with Crippen molar-refractivity contribution in [1.82, 2.24) is 0 Å². The van der Waals surface area contributed by atoms with Gasteiger partial charge in [0.15, 0.2) is 0 Å². The number of nitro groups is 1. The lowest BCUT2D eigenvalue weighted by Crippen LogP contribution is -2.14. The van der Waals surface area contributed by atoms with Gasteiger partial charge in [-0.1, -0.05) is 12.2 Å². The summed E-state index contributed by atoms with van der Waals surface area (Å²) in [7, 11) is -4.17. The summed E-state index contributed by atoms with van der Waals surface area (Å²) in [4.78, 5) is 22.0. The average molecular weight is 389 g/mol.